The number of nitrogens with zero attached hydrogens (tertiary/aromatic N) is 2. The first-order valence-corrected chi connectivity index (χ1v) is 7.23. The number of hydrogen-bond donors (Lipinski definition) is 2. The van der Waals surface area contributed by atoms with Crippen LogP contribution < -0.4 is 10.5 Å². The number of ether oxygens (including phenoxy) is 1. The number of para-hydroxylation sites is 1. The van der Waals surface area contributed by atoms with E-state index in [2.05, 4.69) is 15.2 Å². The summed E-state index contributed by atoms with van der Waals surface area (Å²) in [4.78, 5) is 4.24. The molecule has 0 radical (unpaired) electrons. The monoisotopic (exact) mass is 302 g/mol. The van der Waals surface area contributed by atoms with Gasteiger partial charge in [-0.15, -0.1) is 0 Å². The van der Waals surface area contributed by atoms with E-state index in [1.54, 1.807) is 6.20 Å². The minimum Gasteiger partial charge on any atom is -0.457 e. The highest BCUT2D eigenvalue weighted by Crippen LogP contribution is 2.31. The van der Waals surface area contributed by atoms with Crippen LogP contribution in [-0.4, -0.2) is 15.2 Å². The van der Waals surface area contributed by atoms with Crippen molar-refractivity contribution in [2.45, 2.75) is 0 Å². The number of H-pyrrole nitrogens is 1. The van der Waals surface area contributed by atoms with E-state index in [0.717, 1.165) is 28.0 Å². The van der Waals surface area contributed by atoms with Gasteiger partial charge in [0.1, 0.15) is 11.5 Å². The molecule has 2 aromatic heterocycles. The highest BCUT2D eigenvalue weighted by atomic mass is 16.5. The zero-order valence-corrected chi connectivity index (χ0v) is 12.2. The number of nitrogens with two attached hydrogens (primary N) is 1. The molecule has 2 aromatic carbocycles. The van der Waals surface area contributed by atoms with Gasteiger partial charge >= 0.3 is 0 Å². The second kappa shape index (κ2) is 5.46. The lowest BCUT2D eigenvalue weighted by atomic mass is 10.0. The molecule has 0 aliphatic carbocycles. The van der Waals surface area contributed by atoms with Gasteiger partial charge in [-0.25, -0.2) is 4.98 Å². The number of benzene rings is 2. The summed E-state index contributed by atoms with van der Waals surface area (Å²) in [6, 6.07) is 19.5. The van der Waals surface area contributed by atoms with Crippen molar-refractivity contribution < 1.29 is 4.74 Å². The molecule has 0 amide bonds. The van der Waals surface area contributed by atoms with Crippen LogP contribution in [-0.2, 0) is 0 Å². The third-order valence-electron chi connectivity index (χ3n) is 3.63. The molecule has 112 valence electrons. The molecule has 5 nitrogen and oxygen atoms in total. The standard InChI is InChI=1S/C18H14N4O/c19-17-16-15(10-11-20-18(16)22-21-17)12-6-8-14(9-7-12)23-13-4-2-1-3-5-13/h1-11H,(H3,19,20,21,22). The fourth-order valence-corrected chi connectivity index (χ4v) is 2.54. The van der Waals surface area contributed by atoms with E-state index >= 15 is 0 Å². The summed E-state index contributed by atoms with van der Waals surface area (Å²) in [5.41, 5.74) is 8.65. The van der Waals surface area contributed by atoms with Crippen LogP contribution in [0.3, 0.4) is 0 Å². The van der Waals surface area contributed by atoms with E-state index in [-0.39, 0.29) is 0 Å². The van der Waals surface area contributed by atoms with Crippen molar-refractivity contribution >= 4 is 16.9 Å². The molecule has 2 heterocycles. The van der Waals surface area contributed by atoms with Gasteiger partial charge in [-0.2, -0.15) is 5.10 Å². The molecule has 5 heteroatoms. The highest BCUT2D eigenvalue weighted by molar-refractivity contribution is 5.99. The Morgan fingerprint density at radius 3 is 2.39 bits per heavy atom. The van der Waals surface area contributed by atoms with Crippen LogP contribution in [0.4, 0.5) is 5.82 Å². The van der Waals surface area contributed by atoms with Crippen molar-refractivity contribution in [2.75, 3.05) is 5.73 Å². The van der Waals surface area contributed by atoms with Crippen LogP contribution in [0.2, 0.25) is 0 Å². The van der Waals surface area contributed by atoms with Crippen LogP contribution in [0.1, 0.15) is 0 Å². The third kappa shape index (κ3) is 2.48. The van der Waals surface area contributed by atoms with Crippen molar-refractivity contribution in [3.8, 4) is 22.6 Å². The maximum absolute atomic E-state index is 5.94. The molecule has 0 bridgehead atoms. The molecule has 4 rings (SSSR count). The van der Waals surface area contributed by atoms with Gasteiger partial charge in [0.05, 0.1) is 5.39 Å². The smallest absolute Gasteiger partial charge is 0.157 e. The van der Waals surface area contributed by atoms with E-state index in [4.69, 9.17) is 10.5 Å². The first-order valence-electron chi connectivity index (χ1n) is 7.23. The Balaban J connectivity index is 1.69. The molecule has 0 saturated carbocycles. The summed E-state index contributed by atoms with van der Waals surface area (Å²) >= 11 is 0. The summed E-state index contributed by atoms with van der Waals surface area (Å²) in [6.45, 7) is 0. The van der Waals surface area contributed by atoms with E-state index in [0.29, 0.717) is 11.5 Å². The molecule has 0 spiro atoms. The van der Waals surface area contributed by atoms with Crippen LogP contribution in [0.5, 0.6) is 11.5 Å². The highest BCUT2D eigenvalue weighted by Gasteiger charge is 2.10. The van der Waals surface area contributed by atoms with Crippen LogP contribution in [0.25, 0.3) is 22.2 Å². The van der Waals surface area contributed by atoms with Crippen molar-refractivity contribution in [1.29, 1.82) is 0 Å². The Bertz CT molecular complexity index is 946. The number of hydrogen-bond acceptors (Lipinski definition) is 4. The quantitative estimate of drug-likeness (QED) is 0.599. The van der Waals surface area contributed by atoms with Gasteiger partial charge < -0.3 is 10.5 Å². The number of nitrogen functional groups attached to an aromatic ring is 1. The molecule has 0 fully saturated rings. The summed E-state index contributed by atoms with van der Waals surface area (Å²) in [6.07, 6.45) is 1.74. The van der Waals surface area contributed by atoms with Gasteiger partial charge in [0, 0.05) is 6.20 Å². The first kappa shape index (κ1) is 13.3. The summed E-state index contributed by atoms with van der Waals surface area (Å²) in [5.74, 6) is 2.05. The van der Waals surface area contributed by atoms with Crippen LogP contribution >= 0.6 is 0 Å². The summed E-state index contributed by atoms with van der Waals surface area (Å²) < 4.78 is 5.81. The number of aromatic amines is 1. The Labute approximate surface area is 132 Å². The number of fused-ring (bicyclic) bond motifs is 1. The number of aromatic nitrogens is 3. The normalized spacial score (nSPS) is 10.8. The molecule has 4 aromatic rings. The second-order valence-corrected chi connectivity index (χ2v) is 5.13. The lowest BCUT2D eigenvalue weighted by molar-refractivity contribution is 0.483. The molecule has 0 saturated heterocycles. The SMILES string of the molecule is Nc1n[nH]c2nccc(-c3ccc(Oc4ccccc4)cc3)c12. The zero-order valence-electron chi connectivity index (χ0n) is 12.2. The lowest BCUT2D eigenvalue weighted by Gasteiger charge is -2.07. The minimum absolute atomic E-state index is 0.452. The van der Waals surface area contributed by atoms with Gasteiger partial charge in [0.15, 0.2) is 11.5 Å². The predicted octanol–water partition coefficient (Wildman–Crippen LogP) is 4.00. The van der Waals surface area contributed by atoms with E-state index in [1.165, 1.54) is 0 Å². The Morgan fingerprint density at radius 2 is 1.61 bits per heavy atom. The molecular formula is C18H14N4O. The van der Waals surface area contributed by atoms with Gasteiger partial charge in [-0.3, -0.25) is 5.10 Å². The Kier molecular flexibility index (Phi) is 3.16. The Hall–Kier alpha value is -3.34. The Morgan fingerprint density at radius 1 is 0.870 bits per heavy atom. The fourth-order valence-electron chi connectivity index (χ4n) is 2.54. The third-order valence-corrected chi connectivity index (χ3v) is 3.63. The maximum Gasteiger partial charge on any atom is 0.157 e. The van der Waals surface area contributed by atoms with Gasteiger partial charge in [-0.05, 0) is 41.5 Å². The van der Waals surface area contributed by atoms with Gasteiger partial charge in [0.25, 0.3) is 0 Å². The number of pyridine rings is 1. The van der Waals surface area contributed by atoms with Gasteiger partial charge in [-0.1, -0.05) is 30.3 Å². The average molecular weight is 302 g/mol. The molecule has 0 aliphatic rings. The molecular weight excluding hydrogens is 288 g/mol. The minimum atomic E-state index is 0.452. The lowest BCUT2D eigenvalue weighted by Crippen LogP contribution is -1.88. The van der Waals surface area contributed by atoms with Crippen molar-refractivity contribution in [3.63, 3.8) is 0 Å². The van der Waals surface area contributed by atoms with E-state index in [1.807, 2.05) is 60.7 Å². The molecule has 3 N–H and O–H groups in total. The summed E-state index contributed by atoms with van der Waals surface area (Å²) in [5, 5.41) is 7.69. The number of anilines is 1. The van der Waals surface area contributed by atoms with Crippen molar-refractivity contribution in [1.82, 2.24) is 15.2 Å². The van der Waals surface area contributed by atoms with E-state index < -0.39 is 0 Å². The number of nitrogens with one attached hydrogen (secondary N) is 1. The largest absolute Gasteiger partial charge is 0.457 e. The second-order valence-electron chi connectivity index (χ2n) is 5.13. The van der Waals surface area contributed by atoms with Gasteiger partial charge in [0.2, 0.25) is 0 Å². The molecule has 0 unspecified atom stereocenters. The predicted molar refractivity (Wildman–Crippen MR) is 90.3 cm³/mol. The first-order chi connectivity index (χ1) is 11.3. The van der Waals surface area contributed by atoms with E-state index in [9.17, 15) is 0 Å². The zero-order chi connectivity index (χ0) is 15.6. The van der Waals surface area contributed by atoms with Crippen molar-refractivity contribution in [2.24, 2.45) is 0 Å². The topological polar surface area (TPSA) is 76.8 Å². The molecule has 0 aliphatic heterocycles. The van der Waals surface area contributed by atoms with Crippen LogP contribution in [0.15, 0.2) is 66.9 Å². The molecule has 23 heavy (non-hydrogen) atoms. The molecule has 0 atom stereocenters. The average Bonchev–Trinajstić information content (AvgIpc) is 2.98. The fraction of sp³-hybridized carbons (Fsp3) is 0. The van der Waals surface area contributed by atoms with Crippen LogP contribution in [0, 0.1) is 0 Å². The number of rotatable bonds is 3. The van der Waals surface area contributed by atoms with Crippen molar-refractivity contribution in [3.05, 3.63) is 66.9 Å². The maximum atomic E-state index is 5.94. The summed E-state index contributed by atoms with van der Waals surface area (Å²) in [7, 11) is 0.